The van der Waals surface area contributed by atoms with Gasteiger partial charge in [-0.25, -0.2) is 0 Å². The molecule has 0 aliphatic carbocycles. The zero-order valence-corrected chi connectivity index (χ0v) is 13.2. The van der Waals surface area contributed by atoms with E-state index in [-0.39, 0.29) is 18.3 Å². The smallest absolute Gasteiger partial charge is 0.306 e. The van der Waals surface area contributed by atoms with Crippen molar-refractivity contribution in [2.75, 3.05) is 6.61 Å². The summed E-state index contributed by atoms with van der Waals surface area (Å²) in [4.78, 5) is 23.0. The molecule has 0 spiro atoms. The number of hydrogen-bond acceptors (Lipinski definition) is 3. The normalized spacial score (nSPS) is 11.7. The van der Waals surface area contributed by atoms with E-state index in [1.807, 2.05) is 48.5 Å². The van der Waals surface area contributed by atoms with Crippen molar-refractivity contribution in [2.45, 2.75) is 25.7 Å². The Hall–Kier alpha value is -2.42. The third-order valence-electron chi connectivity index (χ3n) is 3.68. The van der Waals surface area contributed by atoms with Crippen LogP contribution in [-0.4, -0.2) is 18.9 Å². The molecule has 2 aromatic carbocycles. The predicted molar refractivity (Wildman–Crippen MR) is 90.0 cm³/mol. The van der Waals surface area contributed by atoms with Crippen LogP contribution in [0, 0.1) is 5.92 Å². The summed E-state index contributed by atoms with van der Waals surface area (Å²) in [5, 5.41) is 0. The lowest BCUT2D eigenvalue weighted by atomic mass is 9.98. The fourth-order valence-electron chi connectivity index (χ4n) is 2.47. The number of benzene rings is 2. The molecular formula is C20H22O3. The second-order valence-electron chi connectivity index (χ2n) is 5.60. The summed E-state index contributed by atoms with van der Waals surface area (Å²) in [6, 6.07) is 19.8. The topological polar surface area (TPSA) is 43.4 Å². The Kier molecular flexibility index (Phi) is 7.05. The van der Waals surface area contributed by atoms with Crippen molar-refractivity contribution in [2.24, 2.45) is 5.92 Å². The van der Waals surface area contributed by atoms with Crippen molar-refractivity contribution in [1.82, 2.24) is 0 Å². The van der Waals surface area contributed by atoms with E-state index in [0.29, 0.717) is 13.0 Å². The number of ether oxygens (including phenoxy) is 1. The molecule has 3 heteroatoms. The van der Waals surface area contributed by atoms with Gasteiger partial charge < -0.3 is 9.53 Å². The van der Waals surface area contributed by atoms with Crippen LogP contribution >= 0.6 is 0 Å². The first-order valence-electron chi connectivity index (χ1n) is 7.96. The molecule has 120 valence electrons. The molecule has 0 bridgehead atoms. The van der Waals surface area contributed by atoms with Gasteiger partial charge in [0.2, 0.25) is 0 Å². The van der Waals surface area contributed by atoms with Crippen LogP contribution in [0.2, 0.25) is 0 Å². The summed E-state index contributed by atoms with van der Waals surface area (Å²) in [7, 11) is 0. The van der Waals surface area contributed by atoms with Crippen LogP contribution in [0.1, 0.15) is 24.0 Å². The van der Waals surface area contributed by atoms with E-state index >= 15 is 0 Å². The molecule has 0 aliphatic rings. The lowest BCUT2D eigenvalue weighted by Gasteiger charge is -2.10. The zero-order chi connectivity index (χ0) is 16.3. The minimum Gasteiger partial charge on any atom is -0.466 e. The molecule has 0 saturated heterocycles. The minimum atomic E-state index is -0.320. The zero-order valence-electron chi connectivity index (χ0n) is 13.2. The molecule has 1 atom stereocenters. The first-order valence-corrected chi connectivity index (χ1v) is 7.96. The molecular weight excluding hydrogens is 288 g/mol. The Morgan fingerprint density at radius 1 is 0.957 bits per heavy atom. The van der Waals surface area contributed by atoms with Gasteiger partial charge in [0.05, 0.1) is 13.0 Å². The van der Waals surface area contributed by atoms with E-state index in [0.717, 1.165) is 24.7 Å². The Morgan fingerprint density at radius 2 is 1.57 bits per heavy atom. The van der Waals surface area contributed by atoms with Gasteiger partial charge in [-0.15, -0.1) is 0 Å². The summed E-state index contributed by atoms with van der Waals surface area (Å²) < 4.78 is 5.24. The lowest BCUT2D eigenvalue weighted by Crippen LogP contribution is -2.15. The van der Waals surface area contributed by atoms with Gasteiger partial charge in [0, 0.05) is 5.92 Å². The Labute approximate surface area is 137 Å². The molecule has 0 radical (unpaired) electrons. The average molecular weight is 310 g/mol. The lowest BCUT2D eigenvalue weighted by molar-refractivity contribution is -0.145. The van der Waals surface area contributed by atoms with Crippen LogP contribution in [0.5, 0.6) is 0 Å². The van der Waals surface area contributed by atoms with E-state index in [1.54, 1.807) is 0 Å². The maximum atomic E-state index is 11.8. The summed E-state index contributed by atoms with van der Waals surface area (Å²) in [5.74, 6) is -0.620. The maximum Gasteiger partial charge on any atom is 0.306 e. The van der Waals surface area contributed by atoms with Crippen molar-refractivity contribution < 1.29 is 14.3 Å². The van der Waals surface area contributed by atoms with Gasteiger partial charge in [0.15, 0.2) is 0 Å². The van der Waals surface area contributed by atoms with Crippen LogP contribution in [0.15, 0.2) is 60.7 Å². The number of carbonyl (C=O) groups is 2. The van der Waals surface area contributed by atoms with Gasteiger partial charge in [-0.1, -0.05) is 60.7 Å². The van der Waals surface area contributed by atoms with Crippen molar-refractivity contribution in [3.63, 3.8) is 0 Å². The predicted octanol–water partition coefficient (Wildman–Crippen LogP) is 3.61. The van der Waals surface area contributed by atoms with Crippen LogP contribution in [-0.2, 0) is 27.2 Å². The molecule has 2 rings (SSSR count). The number of carbonyl (C=O) groups excluding carboxylic acids is 2. The summed E-state index contributed by atoms with van der Waals surface area (Å²) >= 11 is 0. The van der Waals surface area contributed by atoms with Crippen LogP contribution in [0.25, 0.3) is 0 Å². The maximum absolute atomic E-state index is 11.8. The van der Waals surface area contributed by atoms with Crippen molar-refractivity contribution >= 4 is 12.3 Å². The van der Waals surface area contributed by atoms with Gasteiger partial charge >= 0.3 is 5.97 Å². The van der Waals surface area contributed by atoms with Gasteiger partial charge in [-0.05, 0) is 30.4 Å². The van der Waals surface area contributed by atoms with Crippen LogP contribution in [0.3, 0.4) is 0 Å². The van der Waals surface area contributed by atoms with Crippen LogP contribution < -0.4 is 0 Å². The highest BCUT2D eigenvalue weighted by Crippen LogP contribution is 2.11. The van der Waals surface area contributed by atoms with E-state index in [9.17, 15) is 9.59 Å². The highest BCUT2D eigenvalue weighted by atomic mass is 16.5. The second kappa shape index (κ2) is 9.57. The Balaban J connectivity index is 1.67. The van der Waals surface area contributed by atoms with Gasteiger partial charge in [-0.3, -0.25) is 4.79 Å². The molecule has 2 aromatic rings. The number of esters is 1. The van der Waals surface area contributed by atoms with Gasteiger partial charge in [-0.2, -0.15) is 0 Å². The molecule has 0 amide bonds. The molecule has 3 nitrogen and oxygen atoms in total. The molecule has 0 aromatic heterocycles. The molecule has 0 heterocycles. The van der Waals surface area contributed by atoms with Crippen molar-refractivity contribution in [1.29, 1.82) is 0 Å². The van der Waals surface area contributed by atoms with Crippen molar-refractivity contribution in [3.05, 3.63) is 71.8 Å². The highest BCUT2D eigenvalue weighted by molar-refractivity contribution is 5.73. The van der Waals surface area contributed by atoms with Crippen LogP contribution in [0.4, 0.5) is 0 Å². The number of hydrogen-bond donors (Lipinski definition) is 0. The van der Waals surface area contributed by atoms with E-state index in [2.05, 4.69) is 12.1 Å². The number of aldehydes is 1. The van der Waals surface area contributed by atoms with Gasteiger partial charge in [0.1, 0.15) is 6.29 Å². The average Bonchev–Trinajstić information content (AvgIpc) is 2.60. The summed E-state index contributed by atoms with van der Waals surface area (Å²) in [5.41, 5.74) is 2.29. The van der Waals surface area contributed by atoms with Gasteiger partial charge in [0.25, 0.3) is 0 Å². The molecule has 0 saturated carbocycles. The fraction of sp³-hybridized carbons (Fsp3) is 0.300. The minimum absolute atomic E-state index is 0.143. The SMILES string of the molecule is O=CC(CC(=O)OCCCc1ccccc1)Cc1ccccc1. The second-order valence-corrected chi connectivity index (χ2v) is 5.60. The van der Waals surface area contributed by atoms with Crippen molar-refractivity contribution in [3.8, 4) is 0 Å². The summed E-state index contributed by atoms with van der Waals surface area (Å²) in [6.07, 6.45) is 3.24. The molecule has 23 heavy (non-hydrogen) atoms. The quantitative estimate of drug-likeness (QED) is 0.404. The molecule has 0 fully saturated rings. The first kappa shape index (κ1) is 16.9. The van der Waals surface area contributed by atoms with E-state index in [4.69, 9.17) is 4.74 Å². The van der Waals surface area contributed by atoms with E-state index in [1.165, 1.54) is 5.56 Å². The molecule has 0 aliphatic heterocycles. The summed E-state index contributed by atoms with van der Waals surface area (Å²) in [6.45, 7) is 0.393. The largest absolute Gasteiger partial charge is 0.466 e. The Bertz CT molecular complexity index is 593. The number of aryl methyl sites for hydroxylation is 1. The third kappa shape index (κ3) is 6.47. The first-order chi connectivity index (χ1) is 11.3. The number of rotatable bonds is 9. The standard InChI is InChI=1S/C20H22O3/c21-16-19(14-18-10-5-2-6-11-18)15-20(22)23-13-7-12-17-8-3-1-4-9-17/h1-6,8-11,16,19H,7,12-15H2. The molecule has 1 unspecified atom stereocenters. The molecule has 0 N–H and O–H groups in total. The highest BCUT2D eigenvalue weighted by Gasteiger charge is 2.14. The fourth-order valence-corrected chi connectivity index (χ4v) is 2.47. The third-order valence-corrected chi connectivity index (χ3v) is 3.68. The Morgan fingerprint density at radius 3 is 2.17 bits per heavy atom. The van der Waals surface area contributed by atoms with E-state index < -0.39 is 0 Å². The monoisotopic (exact) mass is 310 g/mol.